The molecule has 0 spiro atoms. The zero-order valence-corrected chi connectivity index (χ0v) is 10.5. The zero-order valence-electron chi connectivity index (χ0n) is 8.90. The van der Waals surface area contributed by atoms with Gasteiger partial charge in [-0.05, 0) is 14.1 Å². The van der Waals surface area contributed by atoms with Gasteiger partial charge in [-0.1, -0.05) is 11.6 Å². The summed E-state index contributed by atoms with van der Waals surface area (Å²) < 4.78 is 0.0539. The Labute approximate surface area is 102 Å². The summed E-state index contributed by atoms with van der Waals surface area (Å²) in [5.74, 6) is -0.117. The van der Waals surface area contributed by atoms with E-state index >= 15 is 0 Å². The highest BCUT2D eigenvalue weighted by molar-refractivity contribution is 7.18. The summed E-state index contributed by atoms with van der Waals surface area (Å²) in [7, 11) is 3.72. The number of thiophene rings is 1. The first-order valence-corrected chi connectivity index (χ1v) is 5.73. The van der Waals surface area contributed by atoms with Crippen molar-refractivity contribution in [2.75, 3.05) is 20.6 Å². The lowest BCUT2D eigenvalue weighted by molar-refractivity contribution is -0.384. The highest BCUT2D eigenvalue weighted by Crippen LogP contribution is 2.34. The molecule has 1 aromatic rings. The smallest absolute Gasteiger partial charge is 0.299 e. The highest BCUT2D eigenvalue weighted by Gasteiger charge is 2.20. The fraction of sp³-hybridized carbons (Fsp3) is 0.444. The Kier molecular flexibility index (Phi) is 4.40. The SMILES string of the molecule is CN(C)CCC(=O)c1cc([N+](=O)[O-])c(Cl)s1. The average molecular weight is 263 g/mol. The number of nitro groups is 1. The molecule has 0 aliphatic rings. The van der Waals surface area contributed by atoms with Gasteiger partial charge >= 0.3 is 0 Å². The number of hydrogen-bond donors (Lipinski definition) is 0. The molecule has 0 atom stereocenters. The van der Waals surface area contributed by atoms with Gasteiger partial charge in [0.25, 0.3) is 5.69 Å². The predicted molar refractivity (Wildman–Crippen MR) is 63.5 cm³/mol. The molecule has 88 valence electrons. The molecule has 1 rings (SSSR count). The molecule has 0 aromatic carbocycles. The van der Waals surface area contributed by atoms with Gasteiger partial charge in [-0.2, -0.15) is 0 Å². The largest absolute Gasteiger partial charge is 0.309 e. The maximum Gasteiger partial charge on any atom is 0.299 e. The van der Waals surface area contributed by atoms with Crippen LogP contribution in [-0.4, -0.2) is 36.2 Å². The Hall–Kier alpha value is -0.980. The first-order valence-electron chi connectivity index (χ1n) is 4.53. The Morgan fingerprint density at radius 2 is 2.25 bits per heavy atom. The van der Waals surface area contributed by atoms with E-state index in [2.05, 4.69) is 0 Å². The maximum atomic E-state index is 11.6. The lowest BCUT2D eigenvalue weighted by Gasteiger charge is -2.06. The van der Waals surface area contributed by atoms with Gasteiger partial charge in [0.1, 0.15) is 0 Å². The number of hydrogen-bond acceptors (Lipinski definition) is 5. The van der Waals surface area contributed by atoms with E-state index in [0.717, 1.165) is 11.3 Å². The van der Waals surface area contributed by atoms with E-state index in [1.807, 2.05) is 19.0 Å². The van der Waals surface area contributed by atoms with Gasteiger partial charge in [-0.25, -0.2) is 0 Å². The first-order chi connectivity index (χ1) is 7.41. The van der Waals surface area contributed by atoms with Gasteiger partial charge in [0, 0.05) is 19.0 Å². The Balaban J connectivity index is 2.77. The summed E-state index contributed by atoms with van der Waals surface area (Å²) in [6.45, 7) is 0.613. The first kappa shape index (κ1) is 13.1. The summed E-state index contributed by atoms with van der Waals surface area (Å²) in [6, 6.07) is 1.24. The van der Waals surface area contributed by atoms with Crippen LogP contribution in [-0.2, 0) is 0 Å². The van der Waals surface area contributed by atoms with Crippen LogP contribution in [0.15, 0.2) is 6.07 Å². The molecular weight excluding hydrogens is 252 g/mol. The lowest BCUT2D eigenvalue weighted by atomic mass is 10.2. The number of rotatable bonds is 5. The van der Waals surface area contributed by atoms with Crippen LogP contribution in [0.5, 0.6) is 0 Å². The monoisotopic (exact) mass is 262 g/mol. The maximum absolute atomic E-state index is 11.6. The molecule has 0 saturated heterocycles. The molecule has 0 radical (unpaired) electrons. The van der Waals surface area contributed by atoms with Crippen LogP contribution in [0.3, 0.4) is 0 Å². The average Bonchev–Trinajstić information content (AvgIpc) is 2.56. The molecule has 0 aliphatic heterocycles. The van der Waals surface area contributed by atoms with Gasteiger partial charge in [0.2, 0.25) is 0 Å². The fourth-order valence-corrected chi connectivity index (χ4v) is 2.26. The topological polar surface area (TPSA) is 63.5 Å². The second-order valence-corrected chi connectivity index (χ2v) is 5.16. The van der Waals surface area contributed by atoms with Gasteiger partial charge in [-0.3, -0.25) is 14.9 Å². The Morgan fingerprint density at radius 1 is 1.62 bits per heavy atom. The van der Waals surface area contributed by atoms with Crippen LogP contribution < -0.4 is 0 Å². The van der Waals surface area contributed by atoms with Crippen molar-refractivity contribution in [2.24, 2.45) is 0 Å². The molecular formula is C9H11ClN2O3S. The van der Waals surface area contributed by atoms with Crippen molar-refractivity contribution >= 4 is 34.4 Å². The van der Waals surface area contributed by atoms with Crippen LogP contribution in [0.2, 0.25) is 4.34 Å². The van der Waals surface area contributed by atoms with Crippen molar-refractivity contribution < 1.29 is 9.72 Å². The molecule has 0 amide bonds. The van der Waals surface area contributed by atoms with Gasteiger partial charge in [-0.15, -0.1) is 11.3 Å². The van der Waals surface area contributed by atoms with E-state index in [4.69, 9.17) is 11.6 Å². The minimum Gasteiger partial charge on any atom is -0.309 e. The second kappa shape index (κ2) is 5.38. The summed E-state index contributed by atoms with van der Waals surface area (Å²) in [5.41, 5.74) is -0.195. The van der Waals surface area contributed by atoms with Crippen LogP contribution in [0.4, 0.5) is 5.69 Å². The number of Topliss-reactive ketones (excluding diaryl/α,β-unsaturated/α-hetero) is 1. The fourth-order valence-electron chi connectivity index (χ4n) is 1.07. The Morgan fingerprint density at radius 3 is 2.69 bits per heavy atom. The summed E-state index contributed by atoms with van der Waals surface area (Å²) in [6.07, 6.45) is 0.334. The van der Waals surface area contributed by atoms with Crippen molar-refractivity contribution in [1.82, 2.24) is 4.90 Å². The highest BCUT2D eigenvalue weighted by atomic mass is 35.5. The molecule has 0 unspecified atom stereocenters. The number of nitrogens with zero attached hydrogens (tertiary/aromatic N) is 2. The van der Waals surface area contributed by atoms with E-state index in [-0.39, 0.29) is 15.8 Å². The van der Waals surface area contributed by atoms with E-state index in [9.17, 15) is 14.9 Å². The van der Waals surface area contributed by atoms with Crippen molar-refractivity contribution in [2.45, 2.75) is 6.42 Å². The normalized spacial score (nSPS) is 10.8. The van der Waals surface area contributed by atoms with E-state index in [0.29, 0.717) is 17.8 Å². The molecule has 1 heterocycles. The lowest BCUT2D eigenvalue weighted by Crippen LogP contribution is -2.16. The van der Waals surface area contributed by atoms with Crippen LogP contribution in [0.1, 0.15) is 16.1 Å². The van der Waals surface area contributed by atoms with Gasteiger partial charge in [0.05, 0.1) is 9.80 Å². The third-order valence-corrected chi connectivity index (χ3v) is 3.31. The Bertz CT molecular complexity index is 417. The number of carbonyl (C=O) groups is 1. The molecule has 5 nitrogen and oxygen atoms in total. The van der Waals surface area contributed by atoms with Crippen LogP contribution in [0, 0.1) is 10.1 Å². The predicted octanol–water partition coefficient (Wildman–Crippen LogP) is 2.44. The van der Waals surface area contributed by atoms with Crippen molar-refractivity contribution in [3.63, 3.8) is 0 Å². The second-order valence-electron chi connectivity index (χ2n) is 3.50. The van der Waals surface area contributed by atoms with Crippen LogP contribution in [0.25, 0.3) is 0 Å². The molecule has 0 bridgehead atoms. The summed E-state index contributed by atoms with van der Waals surface area (Å²) in [4.78, 5) is 23.8. The third-order valence-electron chi connectivity index (χ3n) is 1.93. The molecule has 1 aromatic heterocycles. The molecule has 0 aliphatic carbocycles. The quantitative estimate of drug-likeness (QED) is 0.464. The molecule has 0 fully saturated rings. The van der Waals surface area contributed by atoms with E-state index < -0.39 is 4.92 Å². The summed E-state index contributed by atoms with van der Waals surface area (Å²) >= 11 is 6.62. The summed E-state index contributed by atoms with van der Waals surface area (Å²) in [5, 5.41) is 10.5. The zero-order chi connectivity index (χ0) is 12.3. The number of halogens is 1. The van der Waals surface area contributed by atoms with Crippen molar-refractivity contribution in [1.29, 1.82) is 0 Å². The standard InChI is InChI=1S/C9H11ClN2O3S/c1-11(2)4-3-7(13)8-5-6(12(14)15)9(10)16-8/h5H,3-4H2,1-2H3. The number of ketones is 1. The third kappa shape index (κ3) is 3.26. The van der Waals surface area contributed by atoms with Crippen molar-refractivity contribution in [3.05, 3.63) is 25.4 Å². The molecule has 0 N–H and O–H groups in total. The van der Waals surface area contributed by atoms with Gasteiger partial charge < -0.3 is 4.90 Å². The molecule has 0 saturated carbocycles. The van der Waals surface area contributed by atoms with Crippen LogP contribution >= 0.6 is 22.9 Å². The molecule has 7 heteroatoms. The van der Waals surface area contributed by atoms with Crippen molar-refractivity contribution in [3.8, 4) is 0 Å². The van der Waals surface area contributed by atoms with E-state index in [1.54, 1.807) is 0 Å². The van der Waals surface area contributed by atoms with E-state index in [1.165, 1.54) is 6.07 Å². The number of carbonyl (C=O) groups excluding carboxylic acids is 1. The minimum absolute atomic E-state index is 0.0539. The minimum atomic E-state index is -0.582. The molecule has 16 heavy (non-hydrogen) atoms. The van der Waals surface area contributed by atoms with Gasteiger partial charge in [0.15, 0.2) is 10.1 Å².